The predicted molar refractivity (Wildman–Crippen MR) is 82.7 cm³/mol. The van der Waals surface area contributed by atoms with E-state index in [1.54, 1.807) is 0 Å². The van der Waals surface area contributed by atoms with Crippen molar-refractivity contribution in [1.82, 2.24) is 5.32 Å². The number of halogens is 1. The topological polar surface area (TPSA) is 98.3 Å². The zero-order valence-electron chi connectivity index (χ0n) is 11.0. The Hall–Kier alpha value is -2.12. The van der Waals surface area contributed by atoms with Gasteiger partial charge in [0.1, 0.15) is 5.69 Å². The Morgan fingerprint density at radius 3 is 2.81 bits per heavy atom. The fourth-order valence-corrected chi connectivity index (χ4v) is 2.72. The van der Waals surface area contributed by atoms with E-state index in [4.69, 9.17) is 17.3 Å². The molecule has 1 aromatic heterocycles. The number of amides is 1. The van der Waals surface area contributed by atoms with Crippen molar-refractivity contribution in [2.24, 2.45) is 0 Å². The molecule has 0 saturated carbocycles. The van der Waals surface area contributed by atoms with Crippen molar-refractivity contribution in [1.29, 1.82) is 0 Å². The van der Waals surface area contributed by atoms with E-state index >= 15 is 0 Å². The maximum Gasteiger partial charge on any atom is 0.294 e. The van der Waals surface area contributed by atoms with Crippen molar-refractivity contribution in [2.75, 3.05) is 5.73 Å². The zero-order valence-corrected chi connectivity index (χ0v) is 12.6. The van der Waals surface area contributed by atoms with Crippen LogP contribution in [0.1, 0.15) is 28.2 Å². The van der Waals surface area contributed by atoms with Crippen LogP contribution in [0.3, 0.4) is 0 Å². The summed E-state index contributed by atoms with van der Waals surface area (Å²) in [5.41, 5.74) is 5.10. The lowest BCUT2D eigenvalue weighted by Crippen LogP contribution is -2.26. The molecule has 1 aromatic carbocycles. The van der Waals surface area contributed by atoms with E-state index in [1.807, 2.05) is 24.4 Å². The monoisotopic (exact) mass is 325 g/mol. The molecule has 0 spiro atoms. The average Bonchev–Trinajstić information content (AvgIpc) is 2.95. The summed E-state index contributed by atoms with van der Waals surface area (Å²) in [6.45, 7) is 1.83. The minimum atomic E-state index is -0.666. The molecule has 2 rings (SSSR count). The van der Waals surface area contributed by atoms with Gasteiger partial charge in [0.2, 0.25) is 0 Å². The van der Waals surface area contributed by atoms with E-state index in [9.17, 15) is 14.9 Å². The van der Waals surface area contributed by atoms with Crippen LogP contribution in [0.5, 0.6) is 0 Å². The van der Waals surface area contributed by atoms with Crippen LogP contribution in [0.15, 0.2) is 29.6 Å². The number of nitrogen functional groups attached to an aromatic ring is 1. The predicted octanol–water partition coefficient (Wildman–Crippen LogP) is 3.38. The second-order valence-corrected chi connectivity index (χ2v) is 5.75. The summed E-state index contributed by atoms with van der Waals surface area (Å²) < 4.78 is 0. The summed E-state index contributed by atoms with van der Waals surface area (Å²) in [6.07, 6.45) is 0. The van der Waals surface area contributed by atoms with Gasteiger partial charge < -0.3 is 11.1 Å². The number of carbonyl (C=O) groups is 1. The molecule has 0 radical (unpaired) electrons. The summed E-state index contributed by atoms with van der Waals surface area (Å²) in [5.74, 6) is -0.444. The quantitative estimate of drug-likeness (QED) is 0.511. The second kappa shape index (κ2) is 6.11. The first-order valence-electron chi connectivity index (χ1n) is 5.98. The molecule has 0 aliphatic carbocycles. The smallest absolute Gasteiger partial charge is 0.294 e. The molecular weight excluding hydrogens is 314 g/mol. The highest BCUT2D eigenvalue weighted by Crippen LogP contribution is 2.31. The van der Waals surface area contributed by atoms with Crippen LogP contribution in [-0.4, -0.2) is 10.8 Å². The van der Waals surface area contributed by atoms with Crippen LogP contribution in [0.2, 0.25) is 5.02 Å². The number of carbonyl (C=O) groups excluding carboxylic acids is 1. The van der Waals surface area contributed by atoms with E-state index in [-0.39, 0.29) is 28.0 Å². The Kier molecular flexibility index (Phi) is 4.44. The lowest BCUT2D eigenvalue weighted by Gasteiger charge is -2.12. The maximum absolute atomic E-state index is 12.2. The minimum Gasteiger partial charge on any atom is -0.392 e. The molecule has 1 heterocycles. The van der Waals surface area contributed by atoms with Crippen LogP contribution in [0.4, 0.5) is 11.4 Å². The molecule has 0 fully saturated rings. The number of benzene rings is 1. The number of rotatable bonds is 4. The molecule has 8 heteroatoms. The first-order chi connectivity index (χ1) is 9.90. The molecule has 6 nitrogen and oxygen atoms in total. The van der Waals surface area contributed by atoms with E-state index in [0.29, 0.717) is 0 Å². The molecule has 2 aromatic rings. The van der Waals surface area contributed by atoms with Crippen LogP contribution >= 0.6 is 22.9 Å². The average molecular weight is 326 g/mol. The summed E-state index contributed by atoms with van der Waals surface area (Å²) in [6, 6.07) is 6.02. The molecule has 21 heavy (non-hydrogen) atoms. The van der Waals surface area contributed by atoms with Crippen LogP contribution < -0.4 is 11.1 Å². The molecule has 0 aliphatic rings. The number of nitro benzene ring substituents is 1. The highest BCUT2D eigenvalue weighted by atomic mass is 35.5. The summed E-state index contributed by atoms with van der Waals surface area (Å²) >= 11 is 7.35. The number of nitrogens with zero attached hydrogens (tertiary/aromatic N) is 1. The van der Waals surface area contributed by atoms with E-state index < -0.39 is 10.8 Å². The number of anilines is 1. The highest BCUT2D eigenvalue weighted by molar-refractivity contribution is 7.10. The van der Waals surface area contributed by atoms with Crippen LogP contribution in [-0.2, 0) is 0 Å². The third-order valence-corrected chi connectivity index (χ3v) is 4.25. The number of thiophene rings is 1. The molecule has 1 amide bonds. The van der Waals surface area contributed by atoms with Gasteiger partial charge in [-0.25, -0.2) is 0 Å². The van der Waals surface area contributed by atoms with Crippen molar-refractivity contribution >= 4 is 40.2 Å². The Balaban J connectivity index is 2.25. The third-order valence-electron chi connectivity index (χ3n) is 2.88. The lowest BCUT2D eigenvalue weighted by molar-refractivity contribution is -0.383. The van der Waals surface area contributed by atoms with Gasteiger partial charge in [-0.05, 0) is 24.4 Å². The first kappa shape index (κ1) is 15.3. The van der Waals surface area contributed by atoms with Gasteiger partial charge in [0.05, 0.1) is 16.0 Å². The molecule has 0 saturated heterocycles. The summed E-state index contributed by atoms with van der Waals surface area (Å²) in [5, 5.41) is 15.5. The Morgan fingerprint density at radius 2 is 2.24 bits per heavy atom. The number of nitrogens with one attached hydrogen (secondary N) is 1. The fourth-order valence-electron chi connectivity index (χ4n) is 1.77. The van der Waals surface area contributed by atoms with Crippen molar-refractivity contribution in [3.05, 3.63) is 55.2 Å². The standard InChI is InChI=1S/C13H12ClN3O3S/c1-7(11-3-2-4-21-11)16-13(18)8-5-9(14)12(15)10(6-8)17(19)20/h2-7H,15H2,1H3,(H,16,18). The Labute approximate surface area is 129 Å². The maximum atomic E-state index is 12.2. The van der Waals surface area contributed by atoms with E-state index in [1.165, 1.54) is 17.4 Å². The highest BCUT2D eigenvalue weighted by Gasteiger charge is 2.20. The Bertz CT molecular complexity index is 688. The van der Waals surface area contributed by atoms with Gasteiger partial charge in [-0.15, -0.1) is 11.3 Å². The second-order valence-electron chi connectivity index (χ2n) is 4.36. The molecule has 1 atom stereocenters. The van der Waals surface area contributed by atoms with E-state index in [2.05, 4.69) is 5.32 Å². The SMILES string of the molecule is CC(NC(=O)c1cc(Cl)c(N)c([N+](=O)[O-])c1)c1cccs1. The molecular formula is C13H12ClN3O3S. The zero-order chi connectivity index (χ0) is 15.6. The van der Waals surface area contributed by atoms with Crippen molar-refractivity contribution in [2.45, 2.75) is 13.0 Å². The molecule has 0 aliphatic heterocycles. The number of hydrogen-bond acceptors (Lipinski definition) is 5. The third kappa shape index (κ3) is 3.32. The molecule has 3 N–H and O–H groups in total. The van der Waals surface area contributed by atoms with Gasteiger partial charge in [-0.2, -0.15) is 0 Å². The van der Waals surface area contributed by atoms with Gasteiger partial charge in [0, 0.05) is 16.5 Å². The van der Waals surface area contributed by atoms with Crippen LogP contribution in [0, 0.1) is 10.1 Å². The molecule has 110 valence electrons. The minimum absolute atomic E-state index is 0.0156. The van der Waals surface area contributed by atoms with Crippen molar-refractivity contribution in [3.8, 4) is 0 Å². The van der Waals surface area contributed by atoms with Gasteiger partial charge in [-0.3, -0.25) is 14.9 Å². The van der Waals surface area contributed by atoms with Gasteiger partial charge >= 0.3 is 0 Å². The molecule has 1 unspecified atom stereocenters. The fraction of sp³-hybridized carbons (Fsp3) is 0.154. The number of hydrogen-bond donors (Lipinski definition) is 2. The van der Waals surface area contributed by atoms with Gasteiger partial charge in [-0.1, -0.05) is 17.7 Å². The van der Waals surface area contributed by atoms with Crippen molar-refractivity contribution < 1.29 is 9.72 Å². The van der Waals surface area contributed by atoms with Gasteiger partial charge in [0.25, 0.3) is 11.6 Å². The van der Waals surface area contributed by atoms with E-state index in [0.717, 1.165) is 10.9 Å². The van der Waals surface area contributed by atoms with Crippen LogP contribution in [0.25, 0.3) is 0 Å². The molecule has 0 bridgehead atoms. The summed E-state index contributed by atoms with van der Waals surface area (Å²) in [4.78, 5) is 23.4. The normalized spacial score (nSPS) is 11.9. The Morgan fingerprint density at radius 1 is 1.52 bits per heavy atom. The number of nitro groups is 1. The first-order valence-corrected chi connectivity index (χ1v) is 7.23. The van der Waals surface area contributed by atoms with Gasteiger partial charge in [0.15, 0.2) is 0 Å². The lowest BCUT2D eigenvalue weighted by atomic mass is 10.1. The summed E-state index contributed by atoms with van der Waals surface area (Å²) in [7, 11) is 0. The largest absolute Gasteiger partial charge is 0.392 e. The number of nitrogens with two attached hydrogens (primary N) is 1. The van der Waals surface area contributed by atoms with Crippen molar-refractivity contribution in [3.63, 3.8) is 0 Å².